The van der Waals surface area contributed by atoms with E-state index in [4.69, 9.17) is 0 Å². The van der Waals surface area contributed by atoms with Crippen molar-refractivity contribution in [3.63, 3.8) is 0 Å². The van der Waals surface area contributed by atoms with Gasteiger partial charge >= 0.3 is 0 Å². The molecule has 82 valence electrons. The fourth-order valence-electron chi connectivity index (χ4n) is 1.22. The Morgan fingerprint density at radius 3 is 2.53 bits per heavy atom. The summed E-state index contributed by atoms with van der Waals surface area (Å²) in [7, 11) is 0. The monoisotopic (exact) mass is 207 g/mol. The van der Waals surface area contributed by atoms with Crippen molar-refractivity contribution in [1.29, 1.82) is 0 Å². The molecule has 1 rings (SSSR count). The zero-order valence-corrected chi connectivity index (χ0v) is 9.37. The highest BCUT2D eigenvalue weighted by Crippen LogP contribution is 2.07. The maximum atomic E-state index is 11.7. The number of aryl methyl sites for hydroxylation is 1. The number of benzene rings is 1. The lowest BCUT2D eigenvalue weighted by Gasteiger charge is -2.18. The third-order valence-electron chi connectivity index (χ3n) is 2.07. The number of nitrogens with one attached hydrogen (secondary N) is 1. The lowest BCUT2D eigenvalue weighted by atomic mass is 10.1. The van der Waals surface area contributed by atoms with Crippen molar-refractivity contribution in [2.45, 2.75) is 26.4 Å². The molecule has 0 aliphatic rings. The molecule has 0 heterocycles. The average molecular weight is 207 g/mol. The number of amides is 1. The summed E-state index contributed by atoms with van der Waals surface area (Å²) in [5.74, 6) is -0.143. The second kappa shape index (κ2) is 4.45. The van der Waals surface area contributed by atoms with Crippen LogP contribution in [0.1, 0.15) is 29.8 Å². The van der Waals surface area contributed by atoms with Crippen molar-refractivity contribution < 1.29 is 9.90 Å². The van der Waals surface area contributed by atoms with Gasteiger partial charge in [-0.3, -0.25) is 4.79 Å². The van der Waals surface area contributed by atoms with Crippen molar-refractivity contribution >= 4 is 5.91 Å². The predicted molar refractivity (Wildman–Crippen MR) is 59.8 cm³/mol. The number of carbonyl (C=O) groups excluding carboxylic acids is 1. The molecule has 0 aromatic heterocycles. The van der Waals surface area contributed by atoms with Gasteiger partial charge in [-0.05, 0) is 32.4 Å². The smallest absolute Gasteiger partial charge is 0.251 e. The van der Waals surface area contributed by atoms with Crippen LogP contribution in [0.4, 0.5) is 0 Å². The van der Waals surface area contributed by atoms with E-state index in [1.54, 1.807) is 19.9 Å². The Kier molecular flexibility index (Phi) is 3.48. The predicted octanol–water partition coefficient (Wildman–Crippen LogP) is 1.50. The van der Waals surface area contributed by atoms with Gasteiger partial charge in [0, 0.05) is 12.1 Å². The standard InChI is InChI=1S/C12H17NO2/c1-9-6-4-5-7-10(9)11(14)13-8-12(2,3)15/h4-7,15H,8H2,1-3H3,(H,13,14). The summed E-state index contributed by atoms with van der Waals surface area (Å²) in [6, 6.07) is 7.38. The number of hydrogen-bond donors (Lipinski definition) is 2. The van der Waals surface area contributed by atoms with E-state index < -0.39 is 5.60 Å². The molecule has 1 aromatic rings. The summed E-state index contributed by atoms with van der Waals surface area (Å²) in [5, 5.41) is 12.2. The molecule has 0 aliphatic heterocycles. The van der Waals surface area contributed by atoms with E-state index in [-0.39, 0.29) is 12.5 Å². The molecule has 0 fully saturated rings. The normalized spacial score (nSPS) is 11.2. The van der Waals surface area contributed by atoms with Crippen molar-refractivity contribution in [3.8, 4) is 0 Å². The van der Waals surface area contributed by atoms with Crippen LogP contribution in [0, 0.1) is 6.92 Å². The Hall–Kier alpha value is -1.35. The van der Waals surface area contributed by atoms with E-state index in [9.17, 15) is 9.90 Å². The molecule has 0 saturated heterocycles. The van der Waals surface area contributed by atoms with Gasteiger partial charge < -0.3 is 10.4 Å². The van der Waals surface area contributed by atoms with Crippen LogP contribution in [0.3, 0.4) is 0 Å². The molecule has 0 spiro atoms. The Balaban J connectivity index is 2.66. The van der Waals surface area contributed by atoms with E-state index in [2.05, 4.69) is 5.32 Å². The maximum absolute atomic E-state index is 11.7. The van der Waals surface area contributed by atoms with Gasteiger partial charge in [0.05, 0.1) is 5.60 Å². The first-order valence-corrected chi connectivity index (χ1v) is 4.96. The Bertz CT molecular complexity index is 353. The molecule has 1 aromatic carbocycles. The molecule has 0 atom stereocenters. The quantitative estimate of drug-likeness (QED) is 0.789. The summed E-state index contributed by atoms with van der Waals surface area (Å²) >= 11 is 0. The van der Waals surface area contributed by atoms with E-state index in [0.717, 1.165) is 5.56 Å². The van der Waals surface area contributed by atoms with Gasteiger partial charge in [-0.1, -0.05) is 18.2 Å². The summed E-state index contributed by atoms with van der Waals surface area (Å²) < 4.78 is 0. The summed E-state index contributed by atoms with van der Waals surface area (Å²) in [6.45, 7) is 5.45. The second-order valence-electron chi connectivity index (χ2n) is 4.31. The van der Waals surface area contributed by atoms with E-state index in [1.807, 2.05) is 25.1 Å². The van der Waals surface area contributed by atoms with Crippen LogP contribution in [0.25, 0.3) is 0 Å². The molecule has 0 radical (unpaired) electrons. The first kappa shape index (κ1) is 11.7. The fourth-order valence-corrected chi connectivity index (χ4v) is 1.22. The zero-order chi connectivity index (χ0) is 11.5. The van der Waals surface area contributed by atoms with Crippen molar-refractivity contribution in [2.75, 3.05) is 6.54 Å². The van der Waals surface area contributed by atoms with Crippen LogP contribution in [0.15, 0.2) is 24.3 Å². The highest BCUT2D eigenvalue weighted by Gasteiger charge is 2.15. The molecule has 15 heavy (non-hydrogen) atoms. The van der Waals surface area contributed by atoms with Crippen molar-refractivity contribution in [3.05, 3.63) is 35.4 Å². The number of carbonyl (C=O) groups is 1. The number of hydrogen-bond acceptors (Lipinski definition) is 2. The van der Waals surface area contributed by atoms with Gasteiger partial charge in [0.2, 0.25) is 0 Å². The van der Waals surface area contributed by atoms with Gasteiger partial charge in [0.1, 0.15) is 0 Å². The molecule has 2 N–H and O–H groups in total. The lowest BCUT2D eigenvalue weighted by molar-refractivity contribution is 0.0694. The Morgan fingerprint density at radius 2 is 2.00 bits per heavy atom. The van der Waals surface area contributed by atoms with Crippen LogP contribution >= 0.6 is 0 Å². The zero-order valence-electron chi connectivity index (χ0n) is 9.37. The topological polar surface area (TPSA) is 49.3 Å². The van der Waals surface area contributed by atoms with Gasteiger partial charge in [-0.2, -0.15) is 0 Å². The minimum absolute atomic E-state index is 0.143. The Labute approximate surface area is 90.1 Å². The van der Waals surface area contributed by atoms with Crippen LogP contribution in [0.2, 0.25) is 0 Å². The van der Waals surface area contributed by atoms with Gasteiger partial charge in [0.25, 0.3) is 5.91 Å². The molecule has 3 nitrogen and oxygen atoms in total. The third-order valence-corrected chi connectivity index (χ3v) is 2.07. The van der Waals surface area contributed by atoms with Crippen molar-refractivity contribution in [2.24, 2.45) is 0 Å². The van der Waals surface area contributed by atoms with E-state index in [1.165, 1.54) is 0 Å². The molecule has 1 amide bonds. The molecule has 0 saturated carbocycles. The van der Waals surface area contributed by atoms with Crippen LogP contribution < -0.4 is 5.32 Å². The van der Waals surface area contributed by atoms with Crippen LogP contribution in [-0.2, 0) is 0 Å². The van der Waals surface area contributed by atoms with Crippen LogP contribution in [-0.4, -0.2) is 23.2 Å². The first-order valence-electron chi connectivity index (χ1n) is 4.96. The van der Waals surface area contributed by atoms with Gasteiger partial charge in [0.15, 0.2) is 0 Å². The number of rotatable bonds is 3. The van der Waals surface area contributed by atoms with E-state index >= 15 is 0 Å². The van der Waals surface area contributed by atoms with Crippen molar-refractivity contribution in [1.82, 2.24) is 5.32 Å². The van der Waals surface area contributed by atoms with Gasteiger partial charge in [-0.15, -0.1) is 0 Å². The molecule has 0 unspecified atom stereocenters. The molecule has 0 bridgehead atoms. The molecule has 0 aliphatic carbocycles. The minimum Gasteiger partial charge on any atom is -0.389 e. The highest BCUT2D eigenvalue weighted by molar-refractivity contribution is 5.95. The fraction of sp³-hybridized carbons (Fsp3) is 0.417. The lowest BCUT2D eigenvalue weighted by Crippen LogP contribution is -2.38. The SMILES string of the molecule is Cc1ccccc1C(=O)NCC(C)(C)O. The maximum Gasteiger partial charge on any atom is 0.251 e. The summed E-state index contributed by atoms with van der Waals surface area (Å²) in [5.41, 5.74) is 0.714. The largest absolute Gasteiger partial charge is 0.389 e. The Morgan fingerprint density at radius 1 is 1.40 bits per heavy atom. The summed E-state index contributed by atoms with van der Waals surface area (Å²) in [6.07, 6.45) is 0. The summed E-state index contributed by atoms with van der Waals surface area (Å²) in [4.78, 5) is 11.7. The molecular weight excluding hydrogens is 190 g/mol. The van der Waals surface area contributed by atoms with Crippen LogP contribution in [0.5, 0.6) is 0 Å². The molecule has 3 heteroatoms. The highest BCUT2D eigenvalue weighted by atomic mass is 16.3. The third kappa shape index (κ3) is 3.72. The van der Waals surface area contributed by atoms with Gasteiger partial charge in [-0.25, -0.2) is 0 Å². The minimum atomic E-state index is -0.877. The van der Waals surface area contributed by atoms with E-state index in [0.29, 0.717) is 5.56 Å². The second-order valence-corrected chi connectivity index (χ2v) is 4.31. The average Bonchev–Trinajstić information content (AvgIpc) is 2.14. The first-order chi connectivity index (χ1) is 6.90. The number of aliphatic hydroxyl groups is 1. The molecular formula is C12H17NO2.